The Labute approximate surface area is 241 Å². The fourth-order valence-corrected chi connectivity index (χ4v) is 4.25. The monoisotopic (exact) mass is 602 g/mol. The summed E-state index contributed by atoms with van der Waals surface area (Å²) in [6, 6.07) is 19.3. The molecule has 0 saturated heterocycles. The number of aliphatic carboxylic acids is 1. The first-order chi connectivity index (χ1) is 19.9. The standard InChI is InChI=1S/C26H22ClFN6O.C2HF3O2/c1-34-26(32-25(33-34)15-6-4-3-5-7-15)23(19-13-22(35-2)20(27)14-21(19)28)31-17-8-9-18-16(12-17)10-11-30-24(18)29;3-2(4,5)1(6)7/h3-14,23,31H,1-2H3,(H2,29,30);(H,6,7). The fourth-order valence-electron chi connectivity index (χ4n) is 4.02. The Morgan fingerprint density at radius 2 is 1.81 bits per heavy atom. The number of anilines is 2. The molecule has 0 radical (unpaired) electrons. The number of aromatic nitrogens is 4. The molecule has 4 N–H and O–H groups in total. The molecule has 2 heterocycles. The number of nitrogens with two attached hydrogens (primary N) is 1. The number of aryl methyl sites for hydroxylation is 1. The van der Waals surface area contributed by atoms with Gasteiger partial charge in [0, 0.05) is 35.4 Å². The SMILES string of the molecule is COc1cc(C(Nc2ccc3c(N)nccc3c2)c2nc(-c3ccccc3)nn2C)c(F)cc1Cl.O=C(O)C(F)(F)F. The van der Waals surface area contributed by atoms with E-state index in [-0.39, 0.29) is 5.02 Å². The number of hydrogen-bond donors (Lipinski definition) is 3. The van der Waals surface area contributed by atoms with Crippen LogP contribution in [0.2, 0.25) is 5.02 Å². The van der Waals surface area contributed by atoms with Crippen LogP contribution in [0.3, 0.4) is 0 Å². The number of alkyl halides is 3. The summed E-state index contributed by atoms with van der Waals surface area (Å²) in [4.78, 5) is 17.8. The normalized spacial score (nSPS) is 11.9. The number of methoxy groups -OCH3 is 1. The molecule has 0 aliphatic heterocycles. The number of pyridine rings is 1. The smallest absolute Gasteiger partial charge is 0.490 e. The van der Waals surface area contributed by atoms with Crippen molar-refractivity contribution in [3.05, 3.63) is 95.2 Å². The highest BCUT2D eigenvalue weighted by molar-refractivity contribution is 6.32. The van der Waals surface area contributed by atoms with E-state index >= 15 is 4.39 Å². The number of carboxylic acids is 1. The van der Waals surface area contributed by atoms with Gasteiger partial charge in [0.1, 0.15) is 23.4 Å². The lowest BCUT2D eigenvalue weighted by atomic mass is 10.0. The lowest BCUT2D eigenvalue weighted by molar-refractivity contribution is -0.192. The van der Waals surface area contributed by atoms with E-state index in [1.165, 1.54) is 13.2 Å². The predicted molar refractivity (Wildman–Crippen MR) is 150 cm³/mol. The number of ether oxygens (including phenoxy) is 1. The number of carbonyl (C=O) groups is 1. The summed E-state index contributed by atoms with van der Waals surface area (Å²) in [6.07, 6.45) is -3.43. The van der Waals surface area contributed by atoms with Gasteiger partial charge in [-0.25, -0.2) is 19.2 Å². The molecule has 14 heteroatoms. The van der Waals surface area contributed by atoms with Gasteiger partial charge in [0.05, 0.1) is 12.1 Å². The molecule has 218 valence electrons. The van der Waals surface area contributed by atoms with Gasteiger partial charge in [-0.2, -0.15) is 18.3 Å². The van der Waals surface area contributed by atoms with E-state index in [4.69, 9.17) is 37.0 Å². The van der Waals surface area contributed by atoms with Crippen LogP contribution in [-0.4, -0.2) is 44.1 Å². The summed E-state index contributed by atoms with van der Waals surface area (Å²) >= 11 is 6.17. The highest BCUT2D eigenvalue weighted by Crippen LogP contribution is 2.35. The van der Waals surface area contributed by atoms with E-state index in [0.29, 0.717) is 28.8 Å². The zero-order chi connectivity index (χ0) is 30.6. The van der Waals surface area contributed by atoms with Crippen molar-refractivity contribution in [1.29, 1.82) is 0 Å². The maximum atomic E-state index is 15.3. The summed E-state index contributed by atoms with van der Waals surface area (Å²) in [5, 5.41) is 17.0. The summed E-state index contributed by atoms with van der Waals surface area (Å²) in [5.74, 6) is -1.40. The Hall–Kier alpha value is -4.91. The van der Waals surface area contributed by atoms with Gasteiger partial charge in [-0.1, -0.05) is 41.9 Å². The minimum absolute atomic E-state index is 0.184. The minimum atomic E-state index is -5.08. The van der Waals surface area contributed by atoms with Gasteiger partial charge in [-0.3, -0.25) is 4.68 Å². The fraction of sp³-hybridized carbons (Fsp3) is 0.143. The zero-order valence-electron chi connectivity index (χ0n) is 22.0. The summed E-state index contributed by atoms with van der Waals surface area (Å²) < 4.78 is 54.1. The average molecular weight is 603 g/mol. The van der Waals surface area contributed by atoms with Gasteiger partial charge in [-0.15, -0.1) is 0 Å². The van der Waals surface area contributed by atoms with Crippen molar-refractivity contribution in [2.24, 2.45) is 7.05 Å². The van der Waals surface area contributed by atoms with Crippen LogP contribution in [0.25, 0.3) is 22.2 Å². The van der Waals surface area contributed by atoms with Crippen molar-refractivity contribution in [3.8, 4) is 17.1 Å². The second kappa shape index (κ2) is 12.3. The van der Waals surface area contributed by atoms with E-state index < -0.39 is 24.0 Å². The molecule has 3 aromatic carbocycles. The molecule has 0 spiro atoms. The highest BCUT2D eigenvalue weighted by atomic mass is 35.5. The molecule has 1 unspecified atom stereocenters. The number of carboxylic acid groups (broad SMARTS) is 1. The Bertz CT molecular complexity index is 1730. The Morgan fingerprint density at radius 3 is 2.45 bits per heavy atom. The Kier molecular flexibility index (Phi) is 8.81. The topological polar surface area (TPSA) is 128 Å². The van der Waals surface area contributed by atoms with Crippen molar-refractivity contribution in [1.82, 2.24) is 19.7 Å². The van der Waals surface area contributed by atoms with Crippen molar-refractivity contribution >= 4 is 39.8 Å². The predicted octanol–water partition coefficient (Wildman–Crippen LogP) is 6.25. The molecule has 0 aliphatic rings. The molecule has 9 nitrogen and oxygen atoms in total. The van der Waals surface area contributed by atoms with Gasteiger partial charge in [0.25, 0.3) is 0 Å². The molecule has 1 atom stereocenters. The van der Waals surface area contributed by atoms with Crippen LogP contribution in [0.4, 0.5) is 29.1 Å². The van der Waals surface area contributed by atoms with E-state index in [2.05, 4.69) is 15.4 Å². The summed E-state index contributed by atoms with van der Waals surface area (Å²) in [6.45, 7) is 0. The molecule has 5 rings (SSSR count). The number of nitrogens with zero attached hydrogens (tertiary/aromatic N) is 4. The second-order valence-electron chi connectivity index (χ2n) is 8.80. The van der Waals surface area contributed by atoms with Crippen LogP contribution in [0, 0.1) is 5.82 Å². The van der Waals surface area contributed by atoms with Crippen LogP contribution in [0.15, 0.2) is 72.9 Å². The van der Waals surface area contributed by atoms with Gasteiger partial charge in [-0.05, 0) is 41.8 Å². The number of nitrogens with one attached hydrogen (secondary N) is 1. The molecule has 0 fully saturated rings. The van der Waals surface area contributed by atoms with E-state index in [1.807, 2.05) is 54.6 Å². The maximum absolute atomic E-state index is 15.3. The third-order valence-corrected chi connectivity index (χ3v) is 6.31. The maximum Gasteiger partial charge on any atom is 0.490 e. The van der Waals surface area contributed by atoms with Gasteiger partial charge < -0.3 is 20.9 Å². The first-order valence-electron chi connectivity index (χ1n) is 12.1. The van der Waals surface area contributed by atoms with Crippen LogP contribution in [-0.2, 0) is 11.8 Å². The average Bonchev–Trinajstić information content (AvgIpc) is 3.34. The van der Waals surface area contributed by atoms with Crippen LogP contribution in [0.5, 0.6) is 5.75 Å². The third kappa shape index (κ3) is 6.69. The quantitative estimate of drug-likeness (QED) is 0.195. The van der Waals surface area contributed by atoms with E-state index in [1.54, 1.807) is 24.0 Å². The molecular weight excluding hydrogens is 580 g/mol. The number of fused-ring (bicyclic) bond motifs is 1. The lowest BCUT2D eigenvalue weighted by Crippen LogP contribution is -2.21. The molecule has 2 aromatic heterocycles. The zero-order valence-corrected chi connectivity index (χ0v) is 22.8. The summed E-state index contributed by atoms with van der Waals surface area (Å²) in [5.41, 5.74) is 7.92. The minimum Gasteiger partial charge on any atom is -0.495 e. The number of benzene rings is 3. The number of hydrogen-bond acceptors (Lipinski definition) is 7. The molecule has 0 bridgehead atoms. The number of halogens is 5. The van der Waals surface area contributed by atoms with Gasteiger partial charge in [0.2, 0.25) is 0 Å². The third-order valence-electron chi connectivity index (χ3n) is 6.02. The van der Waals surface area contributed by atoms with Crippen molar-refractivity contribution in [3.63, 3.8) is 0 Å². The first kappa shape index (κ1) is 30.1. The van der Waals surface area contributed by atoms with E-state index in [0.717, 1.165) is 22.0 Å². The van der Waals surface area contributed by atoms with Crippen LogP contribution in [0.1, 0.15) is 17.4 Å². The molecule has 42 heavy (non-hydrogen) atoms. The summed E-state index contributed by atoms with van der Waals surface area (Å²) in [7, 11) is 3.27. The molecule has 0 saturated carbocycles. The van der Waals surface area contributed by atoms with Crippen molar-refractivity contribution in [2.75, 3.05) is 18.2 Å². The Morgan fingerprint density at radius 1 is 1.12 bits per heavy atom. The highest BCUT2D eigenvalue weighted by Gasteiger charge is 2.38. The van der Waals surface area contributed by atoms with E-state index in [9.17, 15) is 13.2 Å². The Balaban J connectivity index is 0.000000517. The molecule has 0 amide bonds. The van der Waals surface area contributed by atoms with Crippen molar-refractivity contribution in [2.45, 2.75) is 12.2 Å². The molecule has 5 aromatic rings. The molecule has 0 aliphatic carbocycles. The first-order valence-corrected chi connectivity index (χ1v) is 12.5. The van der Waals surface area contributed by atoms with Gasteiger partial charge in [0.15, 0.2) is 11.6 Å². The van der Waals surface area contributed by atoms with Gasteiger partial charge >= 0.3 is 12.1 Å². The van der Waals surface area contributed by atoms with Crippen LogP contribution < -0.4 is 15.8 Å². The lowest BCUT2D eigenvalue weighted by Gasteiger charge is -2.21. The second-order valence-corrected chi connectivity index (χ2v) is 9.21. The van der Waals surface area contributed by atoms with Crippen molar-refractivity contribution < 1.29 is 32.2 Å². The number of nitrogen functional groups attached to an aromatic ring is 1. The number of rotatable bonds is 6. The van der Waals surface area contributed by atoms with Crippen LogP contribution >= 0.6 is 11.6 Å². The largest absolute Gasteiger partial charge is 0.495 e. The molecular formula is C28H23ClF4N6O3.